The lowest BCUT2D eigenvalue weighted by molar-refractivity contribution is 0.0993. The van der Waals surface area contributed by atoms with Gasteiger partial charge in [-0.1, -0.05) is 19.0 Å². The lowest BCUT2D eigenvalue weighted by Gasteiger charge is -2.28. The first kappa shape index (κ1) is 18.0. The highest BCUT2D eigenvalue weighted by atomic mass is 16.5. The van der Waals surface area contributed by atoms with E-state index in [1.54, 1.807) is 24.3 Å². The molecular weight excluding hydrogens is 332 g/mol. The SMILES string of the molecule is CCOc1ccc(NC(=O)c2oc3c(c2C)/C(=N\O)CC(C)(C)C3)cc1. The molecule has 3 rings (SSSR count). The highest BCUT2D eigenvalue weighted by Gasteiger charge is 2.36. The number of benzene rings is 1. The second kappa shape index (κ2) is 6.86. The van der Waals surface area contributed by atoms with Crippen LogP contribution in [0.2, 0.25) is 0 Å². The van der Waals surface area contributed by atoms with E-state index < -0.39 is 0 Å². The fraction of sp³-hybridized carbons (Fsp3) is 0.400. The topological polar surface area (TPSA) is 84.1 Å². The van der Waals surface area contributed by atoms with Gasteiger partial charge < -0.3 is 19.7 Å². The molecule has 0 bridgehead atoms. The van der Waals surface area contributed by atoms with E-state index in [0.717, 1.165) is 11.3 Å². The third-order valence-electron chi connectivity index (χ3n) is 4.54. The Morgan fingerprint density at radius 2 is 2.00 bits per heavy atom. The van der Waals surface area contributed by atoms with Crippen LogP contribution in [0.15, 0.2) is 33.8 Å². The van der Waals surface area contributed by atoms with Crippen molar-refractivity contribution in [2.75, 3.05) is 11.9 Å². The summed E-state index contributed by atoms with van der Waals surface area (Å²) in [5, 5.41) is 15.7. The van der Waals surface area contributed by atoms with Gasteiger partial charge in [0, 0.05) is 23.2 Å². The molecule has 0 spiro atoms. The van der Waals surface area contributed by atoms with Crippen LogP contribution in [-0.4, -0.2) is 23.4 Å². The van der Waals surface area contributed by atoms with E-state index in [2.05, 4.69) is 24.3 Å². The number of ether oxygens (including phenoxy) is 1. The summed E-state index contributed by atoms with van der Waals surface area (Å²) in [5.41, 5.74) is 2.60. The first-order valence-corrected chi connectivity index (χ1v) is 8.72. The smallest absolute Gasteiger partial charge is 0.291 e. The van der Waals surface area contributed by atoms with E-state index in [9.17, 15) is 10.0 Å². The van der Waals surface area contributed by atoms with Crippen molar-refractivity contribution in [1.82, 2.24) is 0 Å². The molecule has 0 unspecified atom stereocenters. The van der Waals surface area contributed by atoms with Crippen molar-refractivity contribution in [2.24, 2.45) is 10.6 Å². The molecule has 0 atom stereocenters. The summed E-state index contributed by atoms with van der Waals surface area (Å²) in [7, 11) is 0. The van der Waals surface area contributed by atoms with Crippen LogP contribution in [0.3, 0.4) is 0 Å². The predicted molar refractivity (Wildman–Crippen MR) is 99.4 cm³/mol. The van der Waals surface area contributed by atoms with Gasteiger partial charge in [0.05, 0.1) is 12.3 Å². The van der Waals surface area contributed by atoms with Crippen molar-refractivity contribution < 1.29 is 19.2 Å². The van der Waals surface area contributed by atoms with Crippen molar-refractivity contribution in [1.29, 1.82) is 0 Å². The molecule has 1 aromatic carbocycles. The standard InChI is InChI=1S/C20H24N2O4/c1-5-25-14-8-6-13(7-9-14)21-19(23)18-12(2)17-15(22-24)10-20(3,4)11-16(17)26-18/h6-9,24H,5,10-11H2,1-4H3,(H,21,23)/b22-15-. The second-order valence-corrected chi connectivity index (χ2v) is 7.33. The molecule has 0 saturated heterocycles. The summed E-state index contributed by atoms with van der Waals surface area (Å²) in [5.74, 6) is 1.38. The number of carbonyl (C=O) groups is 1. The van der Waals surface area contributed by atoms with Gasteiger partial charge in [-0.2, -0.15) is 0 Å². The van der Waals surface area contributed by atoms with Crippen molar-refractivity contribution in [3.05, 3.63) is 46.9 Å². The van der Waals surface area contributed by atoms with Crippen LogP contribution in [0.1, 0.15) is 54.6 Å². The minimum absolute atomic E-state index is 0.0816. The van der Waals surface area contributed by atoms with E-state index >= 15 is 0 Å². The molecule has 0 saturated carbocycles. The van der Waals surface area contributed by atoms with Crippen molar-refractivity contribution in [3.8, 4) is 5.75 Å². The van der Waals surface area contributed by atoms with Gasteiger partial charge >= 0.3 is 0 Å². The molecule has 0 aliphatic heterocycles. The molecule has 138 valence electrons. The van der Waals surface area contributed by atoms with Crippen LogP contribution >= 0.6 is 0 Å². The molecule has 1 aliphatic carbocycles. The van der Waals surface area contributed by atoms with Crippen molar-refractivity contribution in [3.63, 3.8) is 0 Å². The zero-order valence-electron chi connectivity index (χ0n) is 15.5. The monoisotopic (exact) mass is 356 g/mol. The molecule has 1 heterocycles. The number of nitrogens with one attached hydrogen (secondary N) is 1. The van der Waals surface area contributed by atoms with E-state index in [4.69, 9.17) is 9.15 Å². The third-order valence-corrected chi connectivity index (χ3v) is 4.54. The molecule has 6 nitrogen and oxygen atoms in total. The Morgan fingerprint density at radius 1 is 1.31 bits per heavy atom. The summed E-state index contributed by atoms with van der Waals surface area (Å²) in [6.07, 6.45) is 1.33. The molecule has 2 aromatic rings. The van der Waals surface area contributed by atoms with Crippen LogP contribution in [0.4, 0.5) is 5.69 Å². The Bertz CT molecular complexity index is 847. The highest BCUT2D eigenvalue weighted by Crippen LogP contribution is 2.39. The number of fused-ring (bicyclic) bond motifs is 1. The number of oxime groups is 1. The molecule has 2 N–H and O–H groups in total. The summed E-state index contributed by atoms with van der Waals surface area (Å²) in [4.78, 5) is 12.7. The van der Waals surface area contributed by atoms with E-state index in [0.29, 0.717) is 42.2 Å². The Labute approximate surface area is 152 Å². The Hall–Kier alpha value is -2.76. The molecule has 0 radical (unpaired) electrons. The zero-order chi connectivity index (χ0) is 18.9. The Morgan fingerprint density at radius 3 is 2.62 bits per heavy atom. The molecule has 1 amide bonds. The summed E-state index contributed by atoms with van der Waals surface area (Å²) >= 11 is 0. The summed E-state index contributed by atoms with van der Waals surface area (Å²) in [6, 6.07) is 7.17. The average molecular weight is 356 g/mol. The van der Waals surface area contributed by atoms with Crippen molar-refractivity contribution in [2.45, 2.75) is 40.5 Å². The third kappa shape index (κ3) is 3.45. The molecule has 0 fully saturated rings. The molecular formula is C20H24N2O4. The van der Waals surface area contributed by atoms with Crippen LogP contribution in [0, 0.1) is 12.3 Å². The number of nitrogens with zero attached hydrogens (tertiary/aromatic N) is 1. The minimum atomic E-state index is -0.323. The Balaban J connectivity index is 1.86. The number of hydrogen-bond donors (Lipinski definition) is 2. The van der Waals surface area contributed by atoms with Gasteiger partial charge in [0.1, 0.15) is 11.5 Å². The largest absolute Gasteiger partial charge is 0.494 e. The van der Waals surface area contributed by atoms with Gasteiger partial charge in [-0.15, -0.1) is 0 Å². The maximum atomic E-state index is 12.7. The number of anilines is 1. The fourth-order valence-corrected chi connectivity index (χ4v) is 3.41. The molecule has 26 heavy (non-hydrogen) atoms. The van der Waals surface area contributed by atoms with Crippen molar-refractivity contribution >= 4 is 17.3 Å². The first-order chi connectivity index (χ1) is 12.3. The first-order valence-electron chi connectivity index (χ1n) is 8.72. The van der Waals surface area contributed by atoms with Gasteiger partial charge in [0.2, 0.25) is 0 Å². The fourth-order valence-electron chi connectivity index (χ4n) is 3.41. The molecule has 1 aromatic heterocycles. The van der Waals surface area contributed by atoms with Crippen LogP contribution in [0.25, 0.3) is 0 Å². The maximum Gasteiger partial charge on any atom is 0.291 e. The predicted octanol–water partition coefficient (Wildman–Crippen LogP) is 4.39. The summed E-state index contributed by atoms with van der Waals surface area (Å²) < 4.78 is 11.3. The van der Waals surface area contributed by atoms with Gasteiger partial charge in [0.15, 0.2) is 5.76 Å². The van der Waals surface area contributed by atoms with E-state index in [1.807, 2.05) is 13.8 Å². The van der Waals surface area contributed by atoms with Gasteiger partial charge in [-0.05, 0) is 49.9 Å². The quantitative estimate of drug-likeness (QED) is 0.628. The second-order valence-electron chi connectivity index (χ2n) is 7.33. The summed E-state index contributed by atoms with van der Waals surface area (Å²) in [6.45, 7) is 8.49. The van der Waals surface area contributed by atoms with Gasteiger partial charge in [-0.25, -0.2) is 0 Å². The normalized spacial score (nSPS) is 17.0. The highest BCUT2D eigenvalue weighted by molar-refractivity contribution is 6.09. The van der Waals surface area contributed by atoms with Gasteiger partial charge in [0.25, 0.3) is 5.91 Å². The van der Waals surface area contributed by atoms with Crippen LogP contribution in [-0.2, 0) is 6.42 Å². The van der Waals surface area contributed by atoms with E-state index in [-0.39, 0.29) is 17.1 Å². The lowest BCUT2D eigenvalue weighted by Crippen LogP contribution is -2.27. The zero-order valence-corrected chi connectivity index (χ0v) is 15.5. The minimum Gasteiger partial charge on any atom is -0.494 e. The number of amides is 1. The van der Waals surface area contributed by atoms with Crippen LogP contribution < -0.4 is 10.1 Å². The molecule has 1 aliphatic rings. The van der Waals surface area contributed by atoms with Gasteiger partial charge in [-0.3, -0.25) is 4.79 Å². The Kier molecular flexibility index (Phi) is 4.76. The van der Waals surface area contributed by atoms with E-state index in [1.165, 1.54) is 0 Å². The lowest BCUT2D eigenvalue weighted by atomic mass is 9.75. The number of carbonyl (C=O) groups excluding carboxylic acids is 1. The average Bonchev–Trinajstić information content (AvgIpc) is 2.91. The maximum absolute atomic E-state index is 12.7. The van der Waals surface area contributed by atoms with Crippen LogP contribution in [0.5, 0.6) is 5.75 Å². The number of furan rings is 1. The number of hydrogen-bond acceptors (Lipinski definition) is 5. The number of rotatable bonds is 4. The molecule has 6 heteroatoms.